The van der Waals surface area contributed by atoms with E-state index in [0.717, 1.165) is 23.3 Å². The van der Waals surface area contributed by atoms with Gasteiger partial charge in [-0.2, -0.15) is 0 Å². The molecule has 0 bridgehead atoms. The quantitative estimate of drug-likeness (QED) is 0.473. The molecular weight excluding hydrogens is 290 g/mol. The molecule has 0 radical (unpaired) electrons. The van der Waals surface area contributed by atoms with Crippen LogP contribution in [-0.2, 0) is 6.42 Å². The van der Waals surface area contributed by atoms with Gasteiger partial charge in [0.2, 0.25) is 0 Å². The topological polar surface area (TPSA) is 52.4 Å². The van der Waals surface area contributed by atoms with Crippen molar-refractivity contribution >= 4 is 17.3 Å². The van der Waals surface area contributed by atoms with Gasteiger partial charge in [0.1, 0.15) is 11.9 Å². The predicted octanol–water partition coefficient (Wildman–Crippen LogP) is 4.27. The Morgan fingerprint density at radius 1 is 1.14 bits per heavy atom. The monoisotopic (exact) mass is 303 g/mol. The second-order valence-corrected chi connectivity index (χ2v) is 5.72. The lowest BCUT2D eigenvalue weighted by atomic mass is 10.0. The lowest BCUT2D eigenvalue weighted by Crippen LogP contribution is -2.11. The molecule has 1 heterocycles. The van der Waals surface area contributed by atoms with Crippen molar-refractivity contribution in [2.75, 3.05) is 0 Å². The van der Waals surface area contributed by atoms with Crippen LogP contribution in [0.25, 0.3) is 0 Å². The normalized spacial score (nSPS) is 21.0. The summed E-state index contributed by atoms with van der Waals surface area (Å²) in [6, 6.07) is 14.3. The van der Waals surface area contributed by atoms with Gasteiger partial charge < -0.3 is 4.74 Å². The number of ether oxygens (including phenoxy) is 1. The zero-order valence-electron chi connectivity index (χ0n) is 11.2. The lowest BCUT2D eigenvalue weighted by molar-refractivity contribution is -0.384. The first-order valence-corrected chi connectivity index (χ1v) is 7.20. The fraction of sp³-hybridized carbons (Fsp3) is 0.250. The molecule has 108 valence electrons. The van der Waals surface area contributed by atoms with Gasteiger partial charge in [0.25, 0.3) is 5.69 Å². The first kappa shape index (κ1) is 13.9. The highest BCUT2D eigenvalue weighted by molar-refractivity contribution is 6.20. The van der Waals surface area contributed by atoms with E-state index in [4.69, 9.17) is 16.3 Å². The highest BCUT2D eigenvalue weighted by Crippen LogP contribution is 2.35. The molecule has 3 rings (SSSR count). The minimum absolute atomic E-state index is 0.0196. The van der Waals surface area contributed by atoms with Gasteiger partial charge in [0.15, 0.2) is 0 Å². The molecule has 1 aliphatic heterocycles. The van der Waals surface area contributed by atoms with Crippen LogP contribution in [0.2, 0.25) is 0 Å². The molecular formula is C16H14ClNO3. The average molecular weight is 304 g/mol. The molecule has 1 aliphatic rings. The predicted molar refractivity (Wildman–Crippen MR) is 80.9 cm³/mol. The van der Waals surface area contributed by atoms with Crippen LogP contribution in [0.3, 0.4) is 0 Å². The van der Waals surface area contributed by atoms with Gasteiger partial charge >= 0.3 is 0 Å². The van der Waals surface area contributed by atoms with Crippen molar-refractivity contribution in [3.63, 3.8) is 0 Å². The van der Waals surface area contributed by atoms with E-state index in [1.54, 1.807) is 12.1 Å². The van der Waals surface area contributed by atoms with E-state index in [1.807, 2.05) is 24.3 Å². The number of hydrogen-bond acceptors (Lipinski definition) is 3. The maximum atomic E-state index is 10.7. The first-order valence-electron chi connectivity index (χ1n) is 6.76. The van der Waals surface area contributed by atoms with Gasteiger partial charge in [0.05, 0.1) is 4.92 Å². The summed E-state index contributed by atoms with van der Waals surface area (Å²) in [5.74, 6) is 0.837. The van der Waals surface area contributed by atoms with Crippen LogP contribution in [0.4, 0.5) is 5.69 Å². The summed E-state index contributed by atoms with van der Waals surface area (Å²) in [5.41, 5.74) is 2.08. The summed E-state index contributed by atoms with van der Waals surface area (Å²) in [6.07, 6.45) is 1.26. The van der Waals surface area contributed by atoms with Crippen molar-refractivity contribution < 1.29 is 9.66 Å². The number of alkyl halides is 1. The molecule has 0 N–H and O–H groups in total. The van der Waals surface area contributed by atoms with Crippen LogP contribution < -0.4 is 4.74 Å². The second kappa shape index (κ2) is 5.74. The molecule has 2 atom stereocenters. The molecule has 2 aromatic carbocycles. The summed E-state index contributed by atoms with van der Waals surface area (Å²) in [5, 5.41) is 10.7. The minimum Gasteiger partial charge on any atom is -0.485 e. The van der Waals surface area contributed by atoms with Crippen molar-refractivity contribution in [3.05, 3.63) is 69.8 Å². The van der Waals surface area contributed by atoms with E-state index in [2.05, 4.69) is 0 Å². The van der Waals surface area contributed by atoms with Crippen molar-refractivity contribution in [2.45, 2.75) is 24.3 Å². The van der Waals surface area contributed by atoms with Crippen molar-refractivity contribution in [1.29, 1.82) is 0 Å². The molecule has 0 spiro atoms. The van der Waals surface area contributed by atoms with Crippen LogP contribution in [0.1, 0.15) is 23.7 Å². The van der Waals surface area contributed by atoms with E-state index >= 15 is 0 Å². The maximum Gasteiger partial charge on any atom is 0.269 e. The number of nitro benzene ring substituents is 1. The largest absolute Gasteiger partial charge is 0.485 e. The zero-order valence-corrected chi connectivity index (χ0v) is 12.0. The molecule has 0 fully saturated rings. The number of benzene rings is 2. The van der Waals surface area contributed by atoms with Gasteiger partial charge in [-0.15, -0.1) is 11.6 Å². The average Bonchev–Trinajstić information content (AvgIpc) is 2.65. The molecule has 0 aliphatic carbocycles. The Bertz CT molecular complexity index is 657. The van der Waals surface area contributed by atoms with Gasteiger partial charge in [0, 0.05) is 23.9 Å². The summed E-state index contributed by atoms with van der Waals surface area (Å²) >= 11 is 6.39. The number of hydrogen-bond donors (Lipinski definition) is 0. The molecule has 2 aromatic rings. The van der Waals surface area contributed by atoms with Crippen molar-refractivity contribution in [1.82, 2.24) is 0 Å². The van der Waals surface area contributed by atoms with Gasteiger partial charge in [-0.3, -0.25) is 10.1 Å². The Morgan fingerprint density at radius 3 is 2.57 bits per heavy atom. The highest BCUT2D eigenvalue weighted by Gasteiger charge is 2.24. The number of rotatable bonds is 2. The minimum atomic E-state index is -0.405. The molecule has 4 nitrogen and oxygen atoms in total. The standard InChI is InChI=1S/C16H14ClNO3/c17-13-9-12-3-1-2-4-15(12)21-16(10-13)11-5-7-14(8-6-11)18(19)20/h1-8,13,16H,9-10H2/t13-,16-/m1/s1. The number of nitrogens with zero attached hydrogens (tertiary/aromatic N) is 1. The third-order valence-electron chi connectivity index (χ3n) is 3.63. The summed E-state index contributed by atoms with van der Waals surface area (Å²) in [4.78, 5) is 10.3. The van der Waals surface area contributed by atoms with Gasteiger partial charge in [-0.25, -0.2) is 0 Å². The number of non-ortho nitro benzene ring substituents is 1. The number of para-hydroxylation sites is 1. The Balaban J connectivity index is 1.90. The van der Waals surface area contributed by atoms with Gasteiger partial charge in [-0.1, -0.05) is 18.2 Å². The molecule has 21 heavy (non-hydrogen) atoms. The molecule has 0 amide bonds. The fourth-order valence-electron chi connectivity index (χ4n) is 2.56. The summed E-state index contributed by atoms with van der Waals surface area (Å²) < 4.78 is 6.06. The first-order chi connectivity index (χ1) is 10.1. The zero-order chi connectivity index (χ0) is 14.8. The van der Waals surface area contributed by atoms with Crippen molar-refractivity contribution in [3.8, 4) is 5.75 Å². The molecule has 0 unspecified atom stereocenters. The van der Waals surface area contributed by atoms with E-state index in [0.29, 0.717) is 6.42 Å². The highest BCUT2D eigenvalue weighted by atomic mass is 35.5. The summed E-state index contributed by atoms with van der Waals surface area (Å²) in [6.45, 7) is 0. The molecule has 5 heteroatoms. The second-order valence-electron chi connectivity index (χ2n) is 5.10. The number of fused-ring (bicyclic) bond motifs is 1. The van der Waals surface area contributed by atoms with Gasteiger partial charge in [-0.05, 0) is 35.7 Å². The fourth-order valence-corrected chi connectivity index (χ4v) is 2.89. The molecule has 0 saturated heterocycles. The van der Waals surface area contributed by atoms with E-state index in [1.165, 1.54) is 12.1 Å². The van der Waals surface area contributed by atoms with Crippen LogP contribution in [-0.4, -0.2) is 10.3 Å². The van der Waals surface area contributed by atoms with E-state index in [9.17, 15) is 10.1 Å². The SMILES string of the molecule is O=[N+]([O-])c1ccc([C@H]2C[C@H](Cl)Cc3ccccc3O2)cc1. The Morgan fingerprint density at radius 2 is 1.86 bits per heavy atom. The molecule has 0 aromatic heterocycles. The number of nitro groups is 1. The van der Waals surface area contributed by atoms with Crippen LogP contribution in [0, 0.1) is 10.1 Å². The third kappa shape index (κ3) is 3.00. The molecule has 0 saturated carbocycles. The van der Waals surface area contributed by atoms with Crippen molar-refractivity contribution in [2.24, 2.45) is 0 Å². The van der Waals surface area contributed by atoms with E-state index < -0.39 is 4.92 Å². The maximum absolute atomic E-state index is 10.7. The Kier molecular flexibility index (Phi) is 3.80. The Labute approximate surface area is 127 Å². The smallest absolute Gasteiger partial charge is 0.269 e. The third-order valence-corrected chi connectivity index (χ3v) is 3.96. The lowest BCUT2D eigenvalue weighted by Gasteiger charge is -2.18. The number of halogens is 1. The summed E-state index contributed by atoms with van der Waals surface area (Å²) in [7, 11) is 0. The Hall–Kier alpha value is -2.07. The van der Waals surface area contributed by atoms with Crippen LogP contribution in [0.15, 0.2) is 48.5 Å². The van der Waals surface area contributed by atoms with Crippen LogP contribution >= 0.6 is 11.6 Å². The van der Waals surface area contributed by atoms with E-state index in [-0.39, 0.29) is 17.2 Å². The van der Waals surface area contributed by atoms with Crippen LogP contribution in [0.5, 0.6) is 5.75 Å².